The smallest absolute Gasteiger partial charge is 0.227 e. The summed E-state index contributed by atoms with van der Waals surface area (Å²) in [5, 5.41) is 10.7. The van der Waals surface area contributed by atoms with Crippen molar-refractivity contribution in [3.63, 3.8) is 0 Å². The third kappa shape index (κ3) is 15.6. The number of fused-ring (bicyclic) bond motifs is 15. The maximum Gasteiger partial charge on any atom is 0.227 e. The topological polar surface area (TPSA) is 150 Å². The summed E-state index contributed by atoms with van der Waals surface area (Å²) in [4.78, 5) is 22.8. The molecule has 15 heterocycles. The Hall–Kier alpha value is -13.4. The van der Waals surface area contributed by atoms with Gasteiger partial charge in [-0.2, -0.15) is 0 Å². The van der Waals surface area contributed by atoms with Crippen molar-refractivity contribution in [3.8, 4) is 56.3 Å². The normalized spacial score (nSPS) is 13.2. The molecule has 15 nitrogen and oxygen atoms in total. The Labute approximate surface area is 729 Å². The van der Waals surface area contributed by atoms with Crippen LogP contribution in [-0.2, 0) is 35.2 Å². The molecule has 0 aliphatic heterocycles. The van der Waals surface area contributed by atoms with Crippen LogP contribution in [0.25, 0.3) is 167 Å². The Balaban J connectivity index is 0.000000119. The minimum atomic E-state index is -2.44. The predicted octanol–water partition coefficient (Wildman–Crippen LogP) is 24.9. The zero-order valence-corrected chi connectivity index (χ0v) is 75.0. The lowest BCUT2D eigenvalue weighted by Gasteiger charge is -2.10. The van der Waals surface area contributed by atoms with Crippen molar-refractivity contribution in [1.82, 2.24) is 24.9 Å². The van der Waals surface area contributed by atoms with Gasteiger partial charge in [-0.25, -0.2) is 47.8 Å². The summed E-state index contributed by atoms with van der Waals surface area (Å²) in [5.41, 5.74) is 38.1. The molecule has 0 spiro atoms. The summed E-state index contributed by atoms with van der Waals surface area (Å²) in [6.07, 6.45) is 9.92. The second-order valence-corrected chi connectivity index (χ2v) is 34.0. The van der Waals surface area contributed by atoms with Gasteiger partial charge >= 0.3 is 0 Å². The van der Waals surface area contributed by atoms with Crippen LogP contribution >= 0.6 is 0 Å². The van der Waals surface area contributed by atoms with E-state index in [1.807, 2.05) is 132 Å². The molecule has 0 fully saturated rings. The Bertz CT molecular complexity index is 8000. The number of hydrogen-bond donors (Lipinski definition) is 0. The quantitative estimate of drug-likeness (QED) is 0.141. The van der Waals surface area contributed by atoms with Gasteiger partial charge in [0.25, 0.3) is 0 Å². The molecule has 20 aromatic rings. The molecule has 0 amide bonds. The molecule has 0 bridgehead atoms. The standard InChI is InChI=1S/C23H25N2O.2C22H23N2O.C21H21N2O.C20H19N2O/c1-13(2)17-9-10-25(6)19(12-17)21-15(4)11-14(3)20-18-8-7-16(5)24-23(18)26-22(20)21;1-12-10-18(24(6)11-15(12)4)20-14(3)9-13(2)19-17-8-7-16(5)23-22(17)25-21(19)20;1-13(2)16-10-11-24(5)19(12-16)20-14(3)6-8-17-18-9-7-15(4)23-22(18)25-21(17)20;1-12-6-9-17(23(5)11-12)19-14(3)10-13(2)18-16-8-7-15(4)22-21(16)24-20(18)19;1-12-5-10-17(22(4)11-12)18-13(2)6-8-15-16-9-7-14(3)21-20(16)23-19(15)18/h7-13H,1-6H3;7-11H,1-6H3;6-13H,1-5H3;6-11H,1-5H3;5-11H,1-4H3/q5*+1/i;;1D3,13D;;1D3. The van der Waals surface area contributed by atoms with Crippen LogP contribution in [0.2, 0.25) is 0 Å². The van der Waals surface area contributed by atoms with Crippen LogP contribution in [0, 0.1) is 118 Å². The van der Waals surface area contributed by atoms with Gasteiger partial charge in [-0.15, -0.1) is 0 Å². The monoisotopic (exact) mass is 1630 g/mol. The van der Waals surface area contributed by atoms with Gasteiger partial charge in [-0.1, -0.05) is 70.1 Å². The van der Waals surface area contributed by atoms with Gasteiger partial charge in [0.05, 0.1) is 27.8 Å². The highest BCUT2D eigenvalue weighted by Gasteiger charge is 2.30. The lowest BCUT2D eigenvalue weighted by atomic mass is 9.95. The molecule has 618 valence electrons. The Morgan fingerprint density at radius 1 is 0.276 bits per heavy atom. The van der Waals surface area contributed by atoms with E-state index in [1.165, 1.54) is 90.1 Å². The average molecular weight is 1640 g/mol. The van der Waals surface area contributed by atoms with Crippen molar-refractivity contribution < 1.29 is 54.5 Å². The van der Waals surface area contributed by atoms with E-state index < -0.39 is 19.6 Å². The predicted molar refractivity (Wildman–Crippen MR) is 499 cm³/mol. The molecular formula is C108H111N10O5+5. The molecule has 0 N–H and O–H groups in total. The maximum atomic E-state index is 8.47. The highest BCUT2D eigenvalue weighted by atomic mass is 16.4. The molecule has 0 radical (unpaired) electrons. The highest BCUT2D eigenvalue weighted by molar-refractivity contribution is 6.14. The first kappa shape index (κ1) is 74.6. The van der Waals surface area contributed by atoms with Crippen LogP contribution in [0.5, 0.6) is 0 Å². The maximum absolute atomic E-state index is 8.47. The van der Waals surface area contributed by atoms with E-state index in [2.05, 4.69) is 233 Å². The first-order valence-electron chi connectivity index (χ1n) is 45.4. The lowest BCUT2D eigenvalue weighted by Crippen LogP contribution is -2.31. The number of rotatable bonds is 7. The molecule has 15 aromatic heterocycles. The third-order valence-electron chi connectivity index (χ3n) is 24.0. The van der Waals surface area contributed by atoms with Gasteiger partial charge in [0, 0.05) is 151 Å². The van der Waals surface area contributed by atoms with Gasteiger partial charge in [0.2, 0.25) is 57.0 Å². The highest BCUT2D eigenvalue weighted by Crippen LogP contribution is 2.45. The van der Waals surface area contributed by atoms with Crippen molar-refractivity contribution in [2.24, 2.45) is 35.2 Å². The van der Waals surface area contributed by atoms with Crippen molar-refractivity contribution in [3.05, 3.63) is 295 Å². The summed E-state index contributed by atoms with van der Waals surface area (Å²) in [6, 6.07) is 53.4. The van der Waals surface area contributed by atoms with Crippen LogP contribution in [0.3, 0.4) is 0 Å². The minimum absolute atomic E-state index is 0.315. The molecule has 15 heteroatoms. The summed E-state index contributed by atoms with van der Waals surface area (Å²) in [7, 11) is 10.0. The summed E-state index contributed by atoms with van der Waals surface area (Å²) in [6.45, 7) is 34.5. The van der Waals surface area contributed by atoms with Crippen LogP contribution < -0.4 is 22.8 Å². The number of pyridine rings is 10. The van der Waals surface area contributed by atoms with Gasteiger partial charge < -0.3 is 22.1 Å². The first-order valence-corrected chi connectivity index (χ1v) is 41.9. The molecule has 1 atom stereocenters. The van der Waals surface area contributed by atoms with Gasteiger partial charge in [-0.3, -0.25) is 0 Å². The fraction of sp³-hybridized carbons (Fsp3) is 0.259. The van der Waals surface area contributed by atoms with Crippen molar-refractivity contribution in [2.75, 3.05) is 0 Å². The lowest BCUT2D eigenvalue weighted by molar-refractivity contribution is -0.660. The molecule has 0 saturated heterocycles. The second-order valence-electron chi connectivity index (χ2n) is 34.0. The summed E-state index contributed by atoms with van der Waals surface area (Å²) < 4.78 is 96.0. The molecule has 123 heavy (non-hydrogen) atoms. The summed E-state index contributed by atoms with van der Waals surface area (Å²) >= 11 is 0. The van der Waals surface area contributed by atoms with E-state index in [4.69, 9.17) is 31.7 Å². The number of aromatic nitrogens is 10. The zero-order valence-electron chi connectivity index (χ0n) is 82.0. The van der Waals surface area contributed by atoms with Crippen molar-refractivity contribution >= 4 is 110 Å². The van der Waals surface area contributed by atoms with Gasteiger partial charge in [0.1, 0.15) is 35.2 Å². The summed E-state index contributed by atoms with van der Waals surface area (Å²) in [5.74, 6) is -1.24. The van der Waals surface area contributed by atoms with Crippen LogP contribution in [0.4, 0.5) is 0 Å². The fourth-order valence-electron chi connectivity index (χ4n) is 17.5. The molecule has 20 rings (SSSR count). The van der Waals surface area contributed by atoms with E-state index in [9.17, 15) is 0 Å². The average Bonchev–Trinajstić information content (AvgIpc) is 1.44. The third-order valence-corrected chi connectivity index (χ3v) is 24.0. The number of furan rings is 5. The number of benzene rings is 5. The van der Waals surface area contributed by atoms with Crippen molar-refractivity contribution in [1.29, 1.82) is 0 Å². The van der Waals surface area contributed by atoms with Gasteiger partial charge in [-0.05, 0) is 263 Å². The van der Waals surface area contributed by atoms with Gasteiger partial charge in [0.15, 0.2) is 58.9 Å². The Kier molecular flexibility index (Phi) is 19.9. The molecule has 1 unspecified atom stereocenters. The van der Waals surface area contributed by atoms with E-state index in [0.717, 1.165) is 162 Å². The molecular weight excluding hydrogens is 1520 g/mol. The number of nitrogens with zero attached hydrogens (tertiary/aromatic N) is 10. The van der Waals surface area contributed by atoms with Crippen LogP contribution in [0.15, 0.2) is 211 Å². The largest absolute Gasteiger partial charge is 0.437 e. The Morgan fingerprint density at radius 2 is 0.602 bits per heavy atom. The molecule has 0 aliphatic carbocycles. The van der Waals surface area contributed by atoms with E-state index in [1.54, 1.807) is 30.6 Å². The van der Waals surface area contributed by atoms with E-state index in [-0.39, 0.29) is 0 Å². The minimum Gasteiger partial charge on any atom is -0.437 e. The van der Waals surface area contributed by atoms with Crippen LogP contribution in [-0.4, -0.2) is 24.9 Å². The van der Waals surface area contributed by atoms with E-state index >= 15 is 0 Å². The zero-order chi connectivity index (χ0) is 93.2. The van der Waals surface area contributed by atoms with Crippen LogP contribution in [0.1, 0.15) is 155 Å². The number of hydrogen-bond acceptors (Lipinski definition) is 10. The molecule has 0 saturated carbocycles. The first-order chi connectivity index (χ1) is 61.4. The SMILES string of the molecule is Cc1ccc(-c2c(C)cc(C)c3c2oc2nc(C)ccc23)[n+](C)c1.Cc1ccc2c(n1)oc1c(-c3cc(C(C)C)cc[n+]3C)c(C)cc(C)c12.Cc1ccc2c(n1)oc1c(-c3cc(C)c(C)c[n+]3C)c(C)cc(C)c12.[2H]C([2H])([2H])C([2H])(C)c1cc[n+](C)c(-c2c(C)ccc3c2oc2nc(C)ccc23)c1.[2H]C([2H])([2H])c1ccc(-c2c(C)ccc3c2oc2nc(C)ccc23)[n+](C)c1. The Morgan fingerprint density at radius 3 is 1.00 bits per heavy atom. The van der Waals surface area contributed by atoms with Crippen molar-refractivity contribution in [2.45, 2.75) is 157 Å². The number of aryl methyl sites for hydroxylation is 22. The molecule has 5 aromatic carbocycles. The fourth-order valence-corrected chi connectivity index (χ4v) is 17.5. The van der Waals surface area contributed by atoms with E-state index in [0.29, 0.717) is 34.1 Å². The second kappa shape index (κ2) is 32.9. The molecule has 0 aliphatic rings.